The van der Waals surface area contributed by atoms with Crippen molar-refractivity contribution in [1.82, 2.24) is 0 Å². The van der Waals surface area contributed by atoms with Gasteiger partial charge in [-0.2, -0.15) is 5.26 Å². The van der Waals surface area contributed by atoms with Gasteiger partial charge >= 0.3 is 0 Å². The summed E-state index contributed by atoms with van der Waals surface area (Å²) in [5, 5.41) is 9.75. The fraction of sp³-hybridized carbons (Fsp3) is 0.533. The molecule has 0 amide bonds. The lowest BCUT2D eigenvalue weighted by molar-refractivity contribution is 0.0366. The molecule has 0 unspecified atom stereocenters. The first-order valence-corrected chi connectivity index (χ1v) is 7.39. The Labute approximate surface area is 125 Å². The maximum Gasteiger partial charge on any atom is 0.103 e. The SMILES string of the molecule is N#Cc1c(Cl)cccc1N1CCC(OCCCN)CC1. The van der Waals surface area contributed by atoms with E-state index >= 15 is 0 Å². The Morgan fingerprint density at radius 2 is 2.15 bits per heavy atom. The molecule has 1 fully saturated rings. The molecule has 1 aliphatic rings. The van der Waals surface area contributed by atoms with Gasteiger partial charge < -0.3 is 15.4 Å². The number of benzene rings is 1. The van der Waals surface area contributed by atoms with Crippen LogP contribution in [-0.4, -0.2) is 32.3 Å². The zero-order chi connectivity index (χ0) is 14.4. The summed E-state index contributed by atoms with van der Waals surface area (Å²) in [6.07, 6.45) is 3.17. The van der Waals surface area contributed by atoms with Crippen molar-refractivity contribution in [3.63, 3.8) is 0 Å². The Bertz CT molecular complexity index is 478. The highest BCUT2D eigenvalue weighted by molar-refractivity contribution is 6.32. The van der Waals surface area contributed by atoms with E-state index in [0.717, 1.165) is 44.6 Å². The summed E-state index contributed by atoms with van der Waals surface area (Å²) >= 11 is 6.08. The van der Waals surface area contributed by atoms with Gasteiger partial charge in [0.1, 0.15) is 6.07 Å². The number of ether oxygens (including phenoxy) is 1. The number of nitriles is 1. The van der Waals surface area contributed by atoms with Crippen molar-refractivity contribution in [2.45, 2.75) is 25.4 Å². The Hall–Kier alpha value is -1.28. The van der Waals surface area contributed by atoms with Crippen LogP contribution in [0, 0.1) is 11.3 Å². The summed E-state index contributed by atoms with van der Waals surface area (Å²) < 4.78 is 5.79. The number of nitrogens with zero attached hydrogens (tertiary/aromatic N) is 2. The van der Waals surface area contributed by atoms with Crippen molar-refractivity contribution < 1.29 is 4.74 Å². The monoisotopic (exact) mass is 293 g/mol. The van der Waals surface area contributed by atoms with Crippen molar-refractivity contribution in [2.24, 2.45) is 5.73 Å². The summed E-state index contributed by atoms with van der Waals surface area (Å²) in [6, 6.07) is 7.80. The smallest absolute Gasteiger partial charge is 0.103 e. The molecule has 20 heavy (non-hydrogen) atoms. The Kier molecular flexibility index (Phi) is 5.66. The van der Waals surface area contributed by atoms with Crippen LogP contribution in [0.3, 0.4) is 0 Å². The summed E-state index contributed by atoms with van der Waals surface area (Å²) in [4.78, 5) is 2.22. The van der Waals surface area contributed by atoms with Gasteiger partial charge in [-0.05, 0) is 37.9 Å². The van der Waals surface area contributed by atoms with Crippen molar-refractivity contribution in [3.8, 4) is 6.07 Å². The molecule has 4 nitrogen and oxygen atoms in total. The van der Waals surface area contributed by atoms with Gasteiger partial charge in [-0.3, -0.25) is 0 Å². The topological polar surface area (TPSA) is 62.3 Å². The molecule has 1 aromatic rings. The van der Waals surface area contributed by atoms with E-state index in [4.69, 9.17) is 22.1 Å². The average Bonchev–Trinajstić information content (AvgIpc) is 2.48. The highest BCUT2D eigenvalue weighted by Gasteiger charge is 2.22. The van der Waals surface area contributed by atoms with Crippen molar-refractivity contribution in [3.05, 3.63) is 28.8 Å². The number of halogens is 1. The highest BCUT2D eigenvalue weighted by Crippen LogP contribution is 2.29. The molecule has 0 aliphatic carbocycles. The van der Waals surface area contributed by atoms with Crippen LogP contribution in [0.1, 0.15) is 24.8 Å². The van der Waals surface area contributed by atoms with Gasteiger partial charge in [-0.25, -0.2) is 0 Å². The Morgan fingerprint density at radius 3 is 2.80 bits per heavy atom. The van der Waals surface area contributed by atoms with E-state index in [1.807, 2.05) is 12.1 Å². The van der Waals surface area contributed by atoms with Gasteiger partial charge in [0.2, 0.25) is 0 Å². The van der Waals surface area contributed by atoms with E-state index in [-0.39, 0.29) is 0 Å². The predicted molar refractivity (Wildman–Crippen MR) is 81.0 cm³/mol. The lowest BCUT2D eigenvalue weighted by Crippen LogP contribution is -2.37. The van der Waals surface area contributed by atoms with Crippen LogP contribution in [-0.2, 0) is 4.74 Å². The van der Waals surface area contributed by atoms with E-state index in [9.17, 15) is 5.26 Å². The molecule has 1 heterocycles. The Balaban J connectivity index is 1.94. The third kappa shape index (κ3) is 3.63. The largest absolute Gasteiger partial charge is 0.378 e. The van der Waals surface area contributed by atoms with Crippen LogP contribution in [0.15, 0.2) is 18.2 Å². The fourth-order valence-corrected chi connectivity index (χ4v) is 2.70. The second kappa shape index (κ2) is 7.49. The molecule has 0 bridgehead atoms. The molecule has 108 valence electrons. The molecule has 0 radical (unpaired) electrons. The number of anilines is 1. The van der Waals surface area contributed by atoms with Gasteiger partial charge in [-0.1, -0.05) is 17.7 Å². The van der Waals surface area contributed by atoms with E-state index in [1.54, 1.807) is 6.07 Å². The van der Waals surface area contributed by atoms with Crippen LogP contribution >= 0.6 is 11.6 Å². The molecule has 1 aromatic carbocycles. The number of piperidine rings is 1. The van der Waals surface area contributed by atoms with E-state index in [1.165, 1.54) is 0 Å². The van der Waals surface area contributed by atoms with Gasteiger partial charge in [0.15, 0.2) is 0 Å². The minimum atomic E-state index is 0.308. The maximum absolute atomic E-state index is 9.23. The second-order valence-corrected chi connectivity index (χ2v) is 5.35. The molecule has 0 saturated carbocycles. The van der Waals surface area contributed by atoms with Gasteiger partial charge in [0.25, 0.3) is 0 Å². The minimum Gasteiger partial charge on any atom is -0.378 e. The molecule has 0 atom stereocenters. The third-order valence-electron chi connectivity index (χ3n) is 3.59. The maximum atomic E-state index is 9.23. The van der Waals surface area contributed by atoms with Crippen LogP contribution in [0.2, 0.25) is 5.02 Å². The minimum absolute atomic E-state index is 0.308. The van der Waals surface area contributed by atoms with Crippen LogP contribution < -0.4 is 10.6 Å². The summed E-state index contributed by atoms with van der Waals surface area (Å²) in [5.74, 6) is 0. The normalized spacial score (nSPS) is 16.1. The van der Waals surface area contributed by atoms with Crippen molar-refractivity contribution >= 4 is 17.3 Å². The first kappa shape index (κ1) is 15.1. The first-order valence-electron chi connectivity index (χ1n) is 7.01. The second-order valence-electron chi connectivity index (χ2n) is 4.95. The zero-order valence-corrected chi connectivity index (χ0v) is 12.3. The van der Waals surface area contributed by atoms with E-state index in [0.29, 0.717) is 23.2 Å². The first-order chi connectivity index (χ1) is 9.76. The summed E-state index contributed by atoms with van der Waals surface area (Å²) in [6.45, 7) is 3.19. The van der Waals surface area contributed by atoms with Crippen molar-refractivity contribution in [2.75, 3.05) is 31.1 Å². The van der Waals surface area contributed by atoms with E-state index < -0.39 is 0 Å². The number of hydrogen-bond acceptors (Lipinski definition) is 4. The van der Waals surface area contributed by atoms with Crippen LogP contribution in [0.5, 0.6) is 0 Å². The molecule has 0 aromatic heterocycles. The highest BCUT2D eigenvalue weighted by atomic mass is 35.5. The Morgan fingerprint density at radius 1 is 1.40 bits per heavy atom. The van der Waals surface area contributed by atoms with Gasteiger partial charge in [0, 0.05) is 19.7 Å². The van der Waals surface area contributed by atoms with Gasteiger partial charge in [-0.15, -0.1) is 0 Å². The summed E-state index contributed by atoms with van der Waals surface area (Å²) in [5.41, 5.74) is 6.95. The van der Waals surface area contributed by atoms with Gasteiger partial charge in [0.05, 0.1) is 22.4 Å². The average molecular weight is 294 g/mol. The molecular weight excluding hydrogens is 274 g/mol. The van der Waals surface area contributed by atoms with Crippen molar-refractivity contribution in [1.29, 1.82) is 5.26 Å². The molecule has 5 heteroatoms. The quantitative estimate of drug-likeness (QED) is 0.848. The molecule has 2 N–H and O–H groups in total. The molecule has 0 spiro atoms. The third-order valence-corrected chi connectivity index (χ3v) is 3.90. The van der Waals surface area contributed by atoms with Crippen LogP contribution in [0.25, 0.3) is 0 Å². The lowest BCUT2D eigenvalue weighted by atomic mass is 10.1. The summed E-state index contributed by atoms with van der Waals surface area (Å²) in [7, 11) is 0. The predicted octanol–water partition coefficient (Wildman–Crippen LogP) is 2.55. The molecule has 1 aliphatic heterocycles. The van der Waals surface area contributed by atoms with Crippen LogP contribution in [0.4, 0.5) is 5.69 Å². The lowest BCUT2D eigenvalue weighted by Gasteiger charge is -2.34. The molecule has 1 saturated heterocycles. The molecule has 2 rings (SSSR count). The van der Waals surface area contributed by atoms with E-state index in [2.05, 4.69) is 11.0 Å². The fourth-order valence-electron chi connectivity index (χ4n) is 2.48. The number of hydrogen-bond donors (Lipinski definition) is 1. The zero-order valence-electron chi connectivity index (χ0n) is 11.5. The number of rotatable bonds is 5. The molecular formula is C15H20ClN3O. The number of nitrogens with two attached hydrogens (primary N) is 1. The standard InChI is InChI=1S/C15H20ClN3O/c16-14-3-1-4-15(13(14)11-18)19-8-5-12(6-9-19)20-10-2-7-17/h1,3-4,12H,2,5-10,17H2.